The number of esters is 1. The van der Waals surface area contributed by atoms with Gasteiger partial charge in [-0.05, 0) is 44.1 Å². The molecule has 0 saturated carbocycles. The van der Waals surface area contributed by atoms with Crippen LogP contribution in [0.4, 0.5) is 5.69 Å². The summed E-state index contributed by atoms with van der Waals surface area (Å²) < 4.78 is 4.99. The third-order valence-electron chi connectivity index (χ3n) is 2.83. The quantitative estimate of drug-likeness (QED) is 0.304. The van der Waals surface area contributed by atoms with Crippen LogP contribution in [0.2, 0.25) is 0 Å². The number of thiocarbonyl (C=S) groups is 1. The Morgan fingerprint density at radius 3 is 2.61 bits per heavy atom. The van der Waals surface area contributed by atoms with Crippen LogP contribution in [0, 0.1) is 0 Å². The first-order valence-corrected chi connectivity index (χ1v) is 7.59. The van der Waals surface area contributed by atoms with Crippen molar-refractivity contribution in [1.82, 2.24) is 5.43 Å². The third kappa shape index (κ3) is 6.03. The maximum Gasteiger partial charge on any atom is 0.360 e. The van der Waals surface area contributed by atoms with E-state index in [9.17, 15) is 4.79 Å². The number of rotatable bonds is 7. The van der Waals surface area contributed by atoms with Crippen molar-refractivity contribution in [3.05, 3.63) is 29.8 Å². The highest BCUT2D eigenvalue weighted by molar-refractivity contribution is 7.80. The molecule has 0 amide bonds. The second-order valence-corrected chi connectivity index (χ2v) is 4.92. The Hall–Kier alpha value is -2.48. The van der Waals surface area contributed by atoms with E-state index in [1.165, 1.54) is 0 Å². The molecule has 0 fully saturated rings. The van der Waals surface area contributed by atoms with Crippen molar-refractivity contribution >= 4 is 40.4 Å². The van der Waals surface area contributed by atoms with Gasteiger partial charge in [0.15, 0.2) is 10.8 Å². The minimum atomic E-state index is -0.583. The van der Waals surface area contributed by atoms with Crippen LogP contribution < -0.4 is 16.6 Å². The second kappa shape index (κ2) is 9.52. The summed E-state index contributed by atoms with van der Waals surface area (Å²) in [5, 5.41) is 8.04. The highest BCUT2D eigenvalue weighted by atomic mass is 32.1. The molecule has 8 heteroatoms. The van der Waals surface area contributed by atoms with E-state index in [2.05, 4.69) is 33.3 Å². The molecule has 0 spiro atoms. The van der Waals surface area contributed by atoms with E-state index in [4.69, 9.17) is 10.5 Å². The lowest BCUT2D eigenvalue weighted by Crippen LogP contribution is -2.30. The molecule has 0 aliphatic rings. The lowest BCUT2D eigenvalue weighted by atomic mass is 10.1. The average Bonchev–Trinajstić information content (AvgIpc) is 2.53. The Morgan fingerprint density at radius 2 is 2.00 bits per heavy atom. The van der Waals surface area contributed by atoms with Gasteiger partial charge in [0.2, 0.25) is 0 Å². The number of nitrogens with zero attached hydrogens (tertiary/aromatic N) is 2. The second-order valence-electron chi connectivity index (χ2n) is 4.48. The van der Waals surface area contributed by atoms with Crippen molar-refractivity contribution in [1.29, 1.82) is 0 Å². The van der Waals surface area contributed by atoms with Crippen molar-refractivity contribution in [3.63, 3.8) is 0 Å². The predicted molar refractivity (Wildman–Crippen MR) is 96.5 cm³/mol. The van der Waals surface area contributed by atoms with Crippen molar-refractivity contribution in [2.75, 3.05) is 12.0 Å². The van der Waals surface area contributed by atoms with E-state index >= 15 is 0 Å². The Labute approximate surface area is 141 Å². The topological polar surface area (TPSA) is 101 Å². The molecular weight excluding hydrogens is 314 g/mol. The third-order valence-corrected chi connectivity index (χ3v) is 2.92. The molecule has 0 aliphatic carbocycles. The van der Waals surface area contributed by atoms with Gasteiger partial charge < -0.3 is 10.5 Å². The summed E-state index contributed by atoms with van der Waals surface area (Å²) in [4.78, 5) is 12.0. The van der Waals surface area contributed by atoms with E-state index < -0.39 is 5.97 Å². The van der Waals surface area contributed by atoms with Crippen LogP contribution in [-0.2, 0) is 16.0 Å². The molecule has 4 N–H and O–H groups in total. The Balaban J connectivity index is 3.05. The molecule has 0 unspecified atom stereocenters. The number of nitrogens with one attached hydrogen (secondary N) is 2. The van der Waals surface area contributed by atoms with Gasteiger partial charge in [-0.15, -0.1) is 0 Å². The number of anilines is 1. The highest BCUT2D eigenvalue weighted by Gasteiger charge is 2.17. The fraction of sp³-hybridized carbons (Fsp3) is 0.333. The molecular formula is C15H21N5O2S. The van der Waals surface area contributed by atoms with Crippen LogP contribution in [0.3, 0.4) is 0 Å². The van der Waals surface area contributed by atoms with E-state index in [-0.39, 0.29) is 17.4 Å². The summed E-state index contributed by atoms with van der Waals surface area (Å²) in [6.45, 7) is 5.60. The van der Waals surface area contributed by atoms with Crippen molar-refractivity contribution in [2.45, 2.75) is 27.2 Å². The van der Waals surface area contributed by atoms with Gasteiger partial charge in [-0.25, -0.2) is 4.79 Å². The van der Waals surface area contributed by atoms with Gasteiger partial charge >= 0.3 is 5.97 Å². The molecule has 0 atom stereocenters. The zero-order valence-electron chi connectivity index (χ0n) is 13.4. The fourth-order valence-corrected chi connectivity index (χ4v) is 1.77. The number of aryl methyl sites for hydroxylation is 1. The molecule has 0 heterocycles. The SMILES string of the molecule is CCOC(=O)/C(=N\Nc1ccccc1CC)C(C)=NNC(N)=S. The summed E-state index contributed by atoms with van der Waals surface area (Å²) in [5.74, 6) is -0.583. The molecule has 7 nitrogen and oxygen atoms in total. The lowest BCUT2D eigenvalue weighted by molar-refractivity contribution is -0.134. The lowest BCUT2D eigenvalue weighted by Gasteiger charge is -2.09. The summed E-state index contributed by atoms with van der Waals surface area (Å²) in [6.07, 6.45) is 0.837. The first-order valence-electron chi connectivity index (χ1n) is 7.18. The summed E-state index contributed by atoms with van der Waals surface area (Å²) >= 11 is 4.68. The van der Waals surface area contributed by atoms with E-state index in [0.717, 1.165) is 17.7 Å². The number of ether oxygens (including phenoxy) is 1. The fourth-order valence-electron chi connectivity index (χ4n) is 1.72. The van der Waals surface area contributed by atoms with Gasteiger partial charge in [-0.2, -0.15) is 10.2 Å². The van der Waals surface area contributed by atoms with Gasteiger partial charge in [0.1, 0.15) is 0 Å². The molecule has 1 aromatic rings. The molecule has 124 valence electrons. The zero-order valence-corrected chi connectivity index (χ0v) is 14.2. The number of carbonyl (C=O) groups is 1. The predicted octanol–water partition coefficient (Wildman–Crippen LogP) is 1.79. The molecule has 0 radical (unpaired) electrons. The van der Waals surface area contributed by atoms with Crippen LogP contribution >= 0.6 is 12.2 Å². The van der Waals surface area contributed by atoms with Gasteiger partial charge in [0, 0.05) is 0 Å². The van der Waals surface area contributed by atoms with Crippen LogP contribution in [0.25, 0.3) is 0 Å². The first-order chi connectivity index (χ1) is 11.0. The first kappa shape index (κ1) is 18.6. The molecule has 0 bridgehead atoms. The van der Waals surface area contributed by atoms with Crippen LogP contribution in [0.15, 0.2) is 34.5 Å². The minimum absolute atomic E-state index is 0.00292. The maximum absolute atomic E-state index is 12.0. The van der Waals surface area contributed by atoms with Gasteiger partial charge in [-0.3, -0.25) is 10.9 Å². The number of para-hydroxylation sites is 1. The molecule has 1 aromatic carbocycles. The van der Waals surface area contributed by atoms with Crippen LogP contribution in [0.1, 0.15) is 26.3 Å². The smallest absolute Gasteiger partial charge is 0.360 e. The normalized spacial score (nSPS) is 11.8. The Morgan fingerprint density at radius 1 is 1.30 bits per heavy atom. The van der Waals surface area contributed by atoms with E-state index in [0.29, 0.717) is 5.71 Å². The standard InChI is InChI=1S/C15H21N5O2S/c1-4-11-8-6-7-9-12(11)18-19-13(14(21)22-5-2)10(3)17-20-15(16)23/h6-9,18H,4-5H2,1-3H3,(H3,16,20,23)/b17-10?,19-13-. The van der Waals surface area contributed by atoms with Gasteiger partial charge in [-0.1, -0.05) is 25.1 Å². The summed E-state index contributed by atoms with van der Waals surface area (Å²) in [6, 6.07) is 7.69. The number of hydrogen-bond acceptors (Lipinski definition) is 6. The van der Waals surface area contributed by atoms with Crippen molar-refractivity contribution in [3.8, 4) is 0 Å². The average molecular weight is 335 g/mol. The zero-order chi connectivity index (χ0) is 17.2. The largest absolute Gasteiger partial charge is 0.461 e. The minimum Gasteiger partial charge on any atom is -0.461 e. The van der Waals surface area contributed by atoms with E-state index in [1.54, 1.807) is 13.8 Å². The molecule has 0 aromatic heterocycles. The molecule has 0 saturated heterocycles. The Bertz CT molecular complexity index is 628. The molecule has 23 heavy (non-hydrogen) atoms. The highest BCUT2D eigenvalue weighted by Crippen LogP contribution is 2.15. The van der Waals surface area contributed by atoms with Crippen LogP contribution in [0.5, 0.6) is 0 Å². The maximum atomic E-state index is 12.0. The molecule has 1 rings (SSSR count). The summed E-state index contributed by atoms with van der Waals surface area (Å²) in [5.41, 5.74) is 12.9. The number of carbonyl (C=O) groups excluding carboxylic acids is 1. The van der Waals surface area contributed by atoms with Crippen molar-refractivity contribution < 1.29 is 9.53 Å². The number of nitrogens with two attached hydrogens (primary N) is 1. The number of hydrazone groups is 2. The van der Waals surface area contributed by atoms with E-state index in [1.807, 2.05) is 31.2 Å². The summed E-state index contributed by atoms with van der Waals surface area (Å²) in [7, 11) is 0. The number of hydrogen-bond donors (Lipinski definition) is 3. The molecule has 0 aliphatic heterocycles. The van der Waals surface area contributed by atoms with Crippen LogP contribution in [-0.4, -0.2) is 29.1 Å². The van der Waals surface area contributed by atoms with Gasteiger partial charge in [0.25, 0.3) is 0 Å². The Kier molecular flexibility index (Phi) is 7.69. The van der Waals surface area contributed by atoms with Gasteiger partial charge in [0.05, 0.1) is 18.0 Å². The monoisotopic (exact) mass is 335 g/mol. The van der Waals surface area contributed by atoms with Crippen molar-refractivity contribution in [2.24, 2.45) is 15.9 Å². The number of benzene rings is 1.